The molecule has 0 amide bonds. The molecule has 1 aliphatic heterocycles. The van der Waals surface area contributed by atoms with E-state index in [2.05, 4.69) is 21.6 Å². The Morgan fingerprint density at radius 2 is 2.09 bits per heavy atom. The number of hydrogen-bond acceptors (Lipinski definition) is 2. The first-order chi connectivity index (χ1) is 11.0. The van der Waals surface area contributed by atoms with Crippen LogP contribution in [0, 0.1) is 5.92 Å². The summed E-state index contributed by atoms with van der Waals surface area (Å²) >= 11 is 0. The molecule has 1 saturated carbocycles. The molecule has 3 atom stereocenters. The first kappa shape index (κ1) is 16.0. The topological polar surface area (TPSA) is 50.8 Å². The number of hydrogen-bond donors (Lipinski definition) is 1. The number of benzene rings is 1. The van der Waals surface area contributed by atoms with Crippen LogP contribution in [0.25, 0.3) is 0 Å². The highest BCUT2D eigenvalue weighted by atomic mass is 19.3. The van der Waals surface area contributed by atoms with E-state index in [4.69, 9.17) is 5.73 Å². The number of ether oxygens (including phenoxy) is 1. The molecule has 3 rings (SSSR count). The predicted octanol–water partition coefficient (Wildman–Crippen LogP) is 3.19. The summed E-state index contributed by atoms with van der Waals surface area (Å²) in [5, 5.41) is 0. The number of alkyl halides is 2. The van der Waals surface area contributed by atoms with E-state index in [0.29, 0.717) is 17.8 Å². The Balaban J connectivity index is 1.57. The van der Waals surface area contributed by atoms with Gasteiger partial charge in [0.05, 0.1) is 6.04 Å². The molecule has 23 heavy (non-hydrogen) atoms. The van der Waals surface area contributed by atoms with Crippen molar-refractivity contribution in [2.24, 2.45) is 16.6 Å². The van der Waals surface area contributed by atoms with Crippen LogP contribution in [0.3, 0.4) is 0 Å². The van der Waals surface area contributed by atoms with Crippen LogP contribution < -0.4 is 10.5 Å². The molecule has 0 spiro atoms. The summed E-state index contributed by atoms with van der Waals surface area (Å²) in [7, 11) is 0. The number of halogens is 2. The summed E-state index contributed by atoms with van der Waals surface area (Å²) in [4.78, 5) is 6.81. The Morgan fingerprint density at radius 3 is 2.74 bits per heavy atom. The van der Waals surface area contributed by atoms with Gasteiger partial charge >= 0.3 is 6.61 Å². The van der Waals surface area contributed by atoms with E-state index in [0.717, 1.165) is 31.5 Å². The summed E-state index contributed by atoms with van der Waals surface area (Å²) in [6.07, 6.45) is 3.37. The molecule has 126 valence electrons. The fourth-order valence-electron chi connectivity index (χ4n) is 3.23. The van der Waals surface area contributed by atoms with E-state index < -0.39 is 6.61 Å². The average molecular weight is 323 g/mol. The number of nitrogens with two attached hydrogens (primary N) is 1. The van der Waals surface area contributed by atoms with Crippen LogP contribution in [0.5, 0.6) is 5.75 Å². The van der Waals surface area contributed by atoms with Crippen molar-refractivity contribution in [1.29, 1.82) is 0 Å². The maximum atomic E-state index is 12.1. The van der Waals surface area contributed by atoms with Crippen LogP contribution >= 0.6 is 0 Å². The molecule has 0 radical (unpaired) electrons. The lowest BCUT2D eigenvalue weighted by atomic mass is 10.0. The van der Waals surface area contributed by atoms with Gasteiger partial charge in [-0.3, -0.25) is 0 Å². The lowest BCUT2D eigenvalue weighted by molar-refractivity contribution is -0.0498. The number of aliphatic imine (C=N–C) groups is 1. The molecule has 1 aliphatic carbocycles. The van der Waals surface area contributed by atoms with Crippen LogP contribution in [-0.4, -0.2) is 36.6 Å². The second-order valence-corrected chi connectivity index (χ2v) is 6.54. The first-order valence-electron chi connectivity index (χ1n) is 8.16. The Bertz CT molecular complexity index is 561. The minimum absolute atomic E-state index is 0.186. The number of piperidine rings is 1. The van der Waals surface area contributed by atoms with E-state index in [-0.39, 0.29) is 11.8 Å². The summed E-state index contributed by atoms with van der Waals surface area (Å²) in [5.41, 5.74) is 7.24. The fourth-order valence-corrected chi connectivity index (χ4v) is 3.23. The molecular formula is C17H23F2N3O. The molecule has 1 aromatic rings. The third-order valence-corrected chi connectivity index (χ3v) is 4.57. The van der Waals surface area contributed by atoms with E-state index in [1.54, 1.807) is 12.1 Å². The molecule has 2 aliphatic rings. The summed E-state index contributed by atoms with van der Waals surface area (Å²) in [6, 6.07) is 7.02. The zero-order chi connectivity index (χ0) is 16.4. The van der Waals surface area contributed by atoms with Gasteiger partial charge in [-0.1, -0.05) is 19.1 Å². The van der Waals surface area contributed by atoms with Crippen molar-refractivity contribution >= 4 is 5.96 Å². The van der Waals surface area contributed by atoms with Gasteiger partial charge in [0.15, 0.2) is 5.96 Å². The minimum atomic E-state index is -2.79. The smallest absolute Gasteiger partial charge is 0.387 e. The van der Waals surface area contributed by atoms with Crippen LogP contribution in [0.1, 0.15) is 37.7 Å². The highest BCUT2D eigenvalue weighted by Gasteiger charge is 2.39. The van der Waals surface area contributed by atoms with Crippen LogP contribution in [0.2, 0.25) is 0 Å². The van der Waals surface area contributed by atoms with E-state index >= 15 is 0 Å². The van der Waals surface area contributed by atoms with E-state index in [1.807, 2.05) is 12.1 Å². The Morgan fingerprint density at radius 1 is 1.35 bits per heavy atom. The Hall–Kier alpha value is -1.85. The van der Waals surface area contributed by atoms with Crippen LogP contribution in [-0.2, 0) is 0 Å². The molecule has 1 heterocycles. The predicted molar refractivity (Wildman–Crippen MR) is 85.8 cm³/mol. The quantitative estimate of drug-likeness (QED) is 0.684. The summed E-state index contributed by atoms with van der Waals surface area (Å²) in [5.74, 6) is 1.82. The van der Waals surface area contributed by atoms with Crippen molar-refractivity contribution in [2.75, 3.05) is 13.1 Å². The van der Waals surface area contributed by atoms with Gasteiger partial charge in [0, 0.05) is 19.0 Å². The summed E-state index contributed by atoms with van der Waals surface area (Å²) < 4.78 is 28.6. The van der Waals surface area contributed by atoms with E-state index in [1.165, 1.54) is 6.42 Å². The molecule has 0 aromatic heterocycles. The Kier molecular flexibility index (Phi) is 4.68. The van der Waals surface area contributed by atoms with Crippen LogP contribution in [0.4, 0.5) is 8.78 Å². The molecule has 6 heteroatoms. The molecule has 1 saturated heterocycles. The number of guanidine groups is 1. The fraction of sp³-hybridized carbons (Fsp3) is 0.588. The molecule has 2 fully saturated rings. The van der Waals surface area contributed by atoms with Gasteiger partial charge in [0.25, 0.3) is 0 Å². The first-order valence-corrected chi connectivity index (χ1v) is 8.16. The zero-order valence-corrected chi connectivity index (χ0v) is 13.3. The highest BCUT2D eigenvalue weighted by Crippen LogP contribution is 2.44. The van der Waals surface area contributed by atoms with Gasteiger partial charge in [-0.25, -0.2) is 4.99 Å². The van der Waals surface area contributed by atoms with Crippen molar-refractivity contribution in [3.8, 4) is 5.75 Å². The molecule has 0 bridgehead atoms. The number of rotatable bonds is 4. The third kappa shape index (κ3) is 4.12. The second kappa shape index (κ2) is 6.72. The molecule has 4 nitrogen and oxygen atoms in total. The van der Waals surface area contributed by atoms with Gasteiger partial charge in [0.1, 0.15) is 5.75 Å². The second-order valence-electron chi connectivity index (χ2n) is 6.54. The SMILES string of the molecule is CC1CCCN(C(N)=N[C@@H]2C[C@H]2c2ccc(OC(F)F)cc2)C1. The van der Waals surface area contributed by atoms with Gasteiger partial charge < -0.3 is 15.4 Å². The van der Waals surface area contributed by atoms with Crippen molar-refractivity contribution in [1.82, 2.24) is 4.90 Å². The van der Waals surface area contributed by atoms with Gasteiger partial charge in [0.2, 0.25) is 0 Å². The Labute approximate surface area is 135 Å². The monoisotopic (exact) mass is 323 g/mol. The van der Waals surface area contributed by atoms with Crippen molar-refractivity contribution in [2.45, 2.75) is 44.8 Å². The number of likely N-dealkylation sites (tertiary alicyclic amines) is 1. The summed E-state index contributed by atoms with van der Waals surface area (Å²) in [6.45, 7) is 1.41. The number of nitrogens with zero attached hydrogens (tertiary/aromatic N) is 2. The average Bonchev–Trinajstić information content (AvgIpc) is 3.26. The normalized spacial score (nSPS) is 28.1. The van der Waals surface area contributed by atoms with Gasteiger partial charge in [-0.2, -0.15) is 8.78 Å². The van der Waals surface area contributed by atoms with Gasteiger partial charge in [-0.15, -0.1) is 0 Å². The zero-order valence-electron chi connectivity index (χ0n) is 13.3. The molecule has 1 aromatic carbocycles. The van der Waals surface area contributed by atoms with Gasteiger partial charge in [-0.05, 0) is 42.9 Å². The highest BCUT2D eigenvalue weighted by molar-refractivity contribution is 5.78. The van der Waals surface area contributed by atoms with Crippen molar-refractivity contribution in [3.63, 3.8) is 0 Å². The van der Waals surface area contributed by atoms with E-state index in [9.17, 15) is 8.78 Å². The van der Waals surface area contributed by atoms with Crippen LogP contribution in [0.15, 0.2) is 29.3 Å². The van der Waals surface area contributed by atoms with Crippen molar-refractivity contribution < 1.29 is 13.5 Å². The molecular weight excluding hydrogens is 300 g/mol. The standard InChI is InChI=1S/C17H23F2N3O/c1-11-3-2-8-22(10-11)17(20)21-15-9-14(15)12-4-6-13(7-5-12)23-16(18)19/h4-7,11,14-16H,2-3,8-10H2,1H3,(H2,20,21)/t11?,14-,15+/m0/s1. The van der Waals surface area contributed by atoms with Crippen molar-refractivity contribution in [3.05, 3.63) is 29.8 Å². The lowest BCUT2D eigenvalue weighted by Gasteiger charge is -2.31. The lowest BCUT2D eigenvalue weighted by Crippen LogP contribution is -2.43. The maximum Gasteiger partial charge on any atom is 0.387 e. The molecule has 2 N–H and O–H groups in total. The molecule has 1 unspecified atom stereocenters. The minimum Gasteiger partial charge on any atom is -0.435 e. The maximum absolute atomic E-state index is 12.1. The largest absolute Gasteiger partial charge is 0.435 e. The third-order valence-electron chi connectivity index (χ3n) is 4.57.